The van der Waals surface area contributed by atoms with E-state index in [9.17, 15) is 14.7 Å². The van der Waals surface area contributed by atoms with Gasteiger partial charge in [0.15, 0.2) is 0 Å². The predicted molar refractivity (Wildman–Crippen MR) is 88.1 cm³/mol. The Labute approximate surface area is 137 Å². The number of rotatable bonds is 3. The maximum Gasteiger partial charge on any atom is 0.349 e. The van der Waals surface area contributed by atoms with Crippen molar-refractivity contribution in [1.82, 2.24) is 4.98 Å². The van der Waals surface area contributed by atoms with Crippen LogP contribution in [0.2, 0.25) is 0 Å². The molecule has 2 heterocycles. The van der Waals surface area contributed by atoms with Crippen molar-refractivity contribution in [2.24, 2.45) is 0 Å². The number of benzene rings is 1. The molecule has 1 N–H and O–H groups in total. The van der Waals surface area contributed by atoms with Gasteiger partial charge in [0.25, 0.3) is 0 Å². The molecule has 0 radical (unpaired) electrons. The van der Waals surface area contributed by atoms with Crippen molar-refractivity contribution in [3.8, 4) is 17.0 Å². The fraction of sp³-hybridized carbons (Fsp3) is 0.167. The SMILES string of the molecule is CCOC(=O)c1ccc(-c2c(O)c3ccccc3oc2=O)nc1C. The molecule has 3 rings (SSSR count). The Balaban J connectivity index is 2.16. The van der Waals surface area contributed by atoms with Gasteiger partial charge >= 0.3 is 11.6 Å². The highest BCUT2D eigenvalue weighted by Gasteiger charge is 2.19. The van der Waals surface area contributed by atoms with Crippen LogP contribution in [-0.2, 0) is 4.74 Å². The number of carbonyl (C=O) groups excluding carboxylic acids is 1. The predicted octanol–water partition coefficient (Wildman–Crippen LogP) is 3.05. The smallest absolute Gasteiger partial charge is 0.349 e. The molecule has 0 saturated heterocycles. The summed E-state index contributed by atoms with van der Waals surface area (Å²) in [5.74, 6) is -0.679. The van der Waals surface area contributed by atoms with Gasteiger partial charge < -0.3 is 14.3 Å². The van der Waals surface area contributed by atoms with E-state index >= 15 is 0 Å². The molecule has 24 heavy (non-hydrogen) atoms. The van der Waals surface area contributed by atoms with Gasteiger partial charge in [0, 0.05) is 0 Å². The van der Waals surface area contributed by atoms with E-state index in [2.05, 4.69) is 4.98 Å². The second-order valence-electron chi connectivity index (χ2n) is 5.16. The summed E-state index contributed by atoms with van der Waals surface area (Å²) in [5, 5.41) is 10.9. The van der Waals surface area contributed by atoms with Gasteiger partial charge in [0.1, 0.15) is 16.9 Å². The molecule has 122 valence electrons. The first-order valence-electron chi connectivity index (χ1n) is 7.43. The van der Waals surface area contributed by atoms with E-state index in [-0.39, 0.29) is 23.6 Å². The van der Waals surface area contributed by atoms with E-state index in [0.717, 1.165) is 0 Å². The number of aromatic hydroxyl groups is 1. The molecular weight excluding hydrogens is 310 g/mol. The summed E-state index contributed by atoms with van der Waals surface area (Å²) in [5.41, 5.74) is 0.513. The van der Waals surface area contributed by atoms with E-state index < -0.39 is 11.6 Å². The number of para-hydroxylation sites is 1. The molecule has 2 aromatic heterocycles. The number of fused-ring (bicyclic) bond motifs is 1. The molecule has 0 aliphatic carbocycles. The van der Waals surface area contributed by atoms with Crippen LogP contribution in [0, 0.1) is 6.92 Å². The molecule has 6 nitrogen and oxygen atoms in total. The minimum absolute atomic E-state index is 0.0350. The summed E-state index contributed by atoms with van der Waals surface area (Å²) in [4.78, 5) is 28.3. The zero-order valence-electron chi connectivity index (χ0n) is 13.2. The molecule has 0 spiro atoms. The Hall–Kier alpha value is -3.15. The highest BCUT2D eigenvalue weighted by molar-refractivity contribution is 5.92. The van der Waals surface area contributed by atoms with Gasteiger partial charge in [-0.25, -0.2) is 9.59 Å². The average molecular weight is 325 g/mol. The lowest BCUT2D eigenvalue weighted by Gasteiger charge is -2.09. The van der Waals surface area contributed by atoms with E-state index in [4.69, 9.17) is 9.15 Å². The minimum Gasteiger partial charge on any atom is -0.506 e. The molecule has 0 aliphatic rings. The van der Waals surface area contributed by atoms with Crippen molar-refractivity contribution >= 4 is 16.9 Å². The minimum atomic E-state index is -0.693. The molecule has 0 fully saturated rings. The second-order valence-corrected chi connectivity index (χ2v) is 5.16. The van der Waals surface area contributed by atoms with Crippen LogP contribution in [0.3, 0.4) is 0 Å². The Morgan fingerprint density at radius 1 is 1.25 bits per heavy atom. The van der Waals surface area contributed by atoms with Crippen LogP contribution in [0.15, 0.2) is 45.6 Å². The Morgan fingerprint density at radius 3 is 2.71 bits per heavy atom. The third-order valence-corrected chi connectivity index (χ3v) is 3.62. The lowest BCUT2D eigenvalue weighted by atomic mass is 10.1. The number of aryl methyl sites for hydroxylation is 1. The maximum absolute atomic E-state index is 12.2. The first-order valence-corrected chi connectivity index (χ1v) is 7.43. The van der Waals surface area contributed by atoms with Crippen molar-refractivity contribution in [3.05, 3.63) is 58.1 Å². The van der Waals surface area contributed by atoms with Crippen LogP contribution >= 0.6 is 0 Å². The maximum atomic E-state index is 12.2. The van der Waals surface area contributed by atoms with Gasteiger partial charge in [0.2, 0.25) is 0 Å². The lowest BCUT2D eigenvalue weighted by molar-refractivity contribution is 0.0525. The molecular formula is C18H15NO5. The van der Waals surface area contributed by atoms with Crippen molar-refractivity contribution in [2.45, 2.75) is 13.8 Å². The van der Waals surface area contributed by atoms with E-state index in [0.29, 0.717) is 22.2 Å². The van der Waals surface area contributed by atoms with Gasteiger partial charge in [0.05, 0.1) is 28.9 Å². The summed E-state index contributed by atoms with van der Waals surface area (Å²) in [6.07, 6.45) is 0. The standard InChI is InChI=1S/C18H15NO5/c1-3-23-17(21)11-8-9-13(19-10(11)2)15-16(20)12-6-4-5-7-14(12)24-18(15)22/h4-9,20H,3H2,1-2H3. The molecule has 0 atom stereocenters. The first-order chi connectivity index (χ1) is 11.5. The lowest BCUT2D eigenvalue weighted by Crippen LogP contribution is -2.10. The number of aromatic nitrogens is 1. The third-order valence-electron chi connectivity index (χ3n) is 3.62. The molecule has 6 heteroatoms. The second kappa shape index (κ2) is 6.16. The summed E-state index contributed by atoms with van der Waals surface area (Å²) in [6, 6.07) is 9.69. The van der Waals surface area contributed by atoms with Crippen LogP contribution < -0.4 is 5.63 Å². The number of hydrogen-bond acceptors (Lipinski definition) is 6. The zero-order valence-corrected chi connectivity index (χ0v) is 13.2. The number of pyridine rings is 1. The summed E-state index contributed by atoms with van der Waals surface area (Å²) < 4.78 is 10.2. The van der Waals surface area contributed by atoms with Crippen molar-refractivity contribution < 1.29 is 19.1 Å². The highest BCUT2D eigenvalue weighted by Crippen LogP contribution is 2.32. The van der Waals surface area contributed by atoms with Gasteiger partial charge in [-0.05, 0) is 38.1 Å². The molecule has 0 saturated carbocycles. The quantitative estimate of drug-likeness (QED) is 0.588. The number of hydrogen-bond donors (Lipinski definition) is 1. The summed E-state index contributed by atoms with van der Waals surface area (Å²) in [7, 11) is 0. The average Bonchev–Trinajstić information content (AvgIpc) is 2.55. The Bertz CT molecular complexity index is 990. The van der Waals surface area contributed by atoms with Crippen molar-refractivity contribution in [1.29, 1.82) is 0 Å². The van der Waals surface area contributed by atoms with Gasteiger partial charge in [-0.15, -0.1) is 0 Å². The molecule has 1 aromatic carbocycles. The molecule has 0 bridgehead atoms. The Kier molecular flexibility index (Phi) is 4.04. The number of esters is 1. The summed E-state index contributed by atoms with van der Waals surface area (Å²) in [6.45, 7) is 3.61. The number of carbonyl (C=O) groups is 1. The first kappa shape index (κ1) is 15.7. The topological polar surface area (TPSA) is 89.6 Å². The third kappa shape index (κ3) is 2.62. The Morgan fingerprint density at radius 2 is 2.00 bits per heavy atom. The molecule has 0 aliphatic heterocycles. The van der Waals surface area contributed by atoms with Crippen LogP contribution in [0.5, 0.6) is 5.75 Å². The van der Waals surface area contributed by atoms with Gasteiger partial charge in [-0.3, -0.25) is 4.98 Å². The van der Waals surface area contributed by atoms with E-state index in [1.54, 1.807) is 38.1 Å². The van der Waals surface area contributed by atoms with Crippen LogP contribution in [0.25, 0.3) is 22.2 Å². The van der Waals surface area contributed by atoms with Gasteiger partial charge in [-0.2, -0.15) is 0 Å². The van der Waals surface area contributed by atoms with Crippen LogP contribution in [-0.4, -0.2) is 22.7 Å². The zero-order chi connectivity index (χ0) is 17.3. The van der Waals surface area contributed by atoms with Gasteiger partial charge in [-0.1, -0.05) is 12.1 Å². The van der Waals surface area contributed by atoms with Crippen molar-refractivity contribution in [2.75, 3.05) is 6.61 Å². The number of nitrogens with zero attached hydrogens (tertiary/aromatic N) is 1. The summed E-state index contributed by atoms with van der Waals surface area (Å²) >= 11 is 0. The van der Waals surface area contributed by atoms with E-state index in [1.807, 2.05) is 0 Å². The molecule has 0 amide bonds. The number of ether oxygens (including phenoxy) is 1. The van der Waals surface area contributed by atoms with Crippen molar-refractivity contribution in [3.63, 3.8) is 0 Å². The fourth-order valence-corrected chi connectivity index (χ4v) is 2.48. The normalized spacial score (nSPS) is 10.8. The van der Waals surface area contributed by atoms with E-state index in [1.165, 1.54) is 12.1 Å². The van der Waals surface area contributed by atoms with Crippen LogP contribution in [0.4, 0.5) is 0 Å². The fourth-order valence-electron chi connectivity index (χ4n) is 2.48. The molecule has 0 unspecified atom stereocenters. The highest BCUT2D eigenvalue weighted by atomic mass is 16.5. The van der Waals surface area contributed by atoms with Crippen LogP contribution in [0.1, 0.15) is 23.0 Å². The monoisotopic (exact) mass is 325 g/mol. The molecule has 3 aromatic rings. The largest absolute Gasteiger partial charge is 0.506 e.